The molecule has 0 spiro atoms. The summed E-state index contributed by atoms with van der Waals surface area (Å²) in [6.45, 7) is 4.85. The second-order valence-corrected chi connectivity index (χ2v) is 7.40. The largest absolute Gasteiger partial charge is 0.478 e. The Morgan fingerprint density at radius 1 is 1.22 bits per heavy atom. The molecule has 2 N–H and O–H groups in total. The number of hydrogen-bond acceptors (Lipinski definition) is 3. The van der Waals surface area contributed by atoms with E-state index in [2.05, 4.69) is 23.9 Å². The highest BCUT2D eigenvalue weighted by Crippen LogP contribution is 2.25. The lowest BCUT2D eigenvalue weighted by molar-refractivity contribution is 0.0697. The zero-order chi connectivity index (χ0) is 19.4. The monoisotopic (exact) mass is 381 g/mol. The van der Waals surface area contributed by atoms with E-state index in [1.165, 1.54) is 0 Å². The van der Waals surface area contributed by atoms with Crippen LogP contribution in [-0.4, -0.2) is 25.8 Å². The summed E-state index contributed by atoms with van der Waals surface area (Å²) in [6, 6.07) is 15.1. The first-order chi connectivity index (χ1) is 12.9. The summed E-state index contributed by atoms with van der Waals surface area (Å²) in [5, 5.41) is 12.8. The summed E-state index contributed by atoms with van der Waals surface area (Å²) in [5.74, 6) is 0.541. The van der Waals surface area contributed by atoms with Crippen molar-refractivity contribution in [1.29, 1.82) is 0 Å². The third-order valence-electron chi connectivity index (χ3n) is 4.46. The third-order valence-corrected chi connectivity index (χ3v) is 4.64. The first kappa shape index (κ1) is 19.0. The molecule has 0 atom stereocenters. The zero-order valence-electron chi connectivity index (χ0n) is 15.5. The minimum absolute atomic E-state index is 0.293. The SMILES string of the molecule is CC(C)CCc1nc(=S)[nH]n1Cc1ccc(-c2ccccc2)c(C(=O)O)c1. The van der Waals surface area contributed by atoms with E-state index in [4.69, 9.17) is 12.2 Å². The van der Waals surface area contributed by atoms with Crippen LogP contribution in [0.2, 0.25) is 0 Å². The Bertz CT molecular complexity index is 990. The van der Waals surface area contributed by atoms with Gasteiger partial charge in [0.1, 0.15) is 5.82 Å². The van der Waals surface area contributed by atoms with Crippen LogP contribution in [0.25, 0.3) is 11.1 Å². The summed E-state index contributed by atoms with van der Waals surface area (Å²) in [7, 11) is 0. The fraction of sp³-hybridized carbons (Fsp3) is 0.286. The molecule has 1 aromatic heterocycles. The molecule has 140 valence electrons. The fourth-order valence-corrected chi connectivity index (χ4v) is 3.26. The molecule has 0 saturated carbocycles. The number of hydrogen-bond donors (Lipinski definition) is 2. The molecule has 0 amide bonds. The molecule has 3 aromatic rings. The normalized spacial score (nSPS) is 11.1. The second kappa shape index (κ2) is 8.31. The lowest BCUT2D eigenvalue weighted by Gasteiger charge is -2.12. The first-order valence-corrected chi connectivity index (χ1v) is 9.42. The molecule has 6 heteroatoms. The number of carboxylic acids is 1. The number of aromatic carboxylic acids is 1. The topological polar surface area (TPSA) is 70.9 Å². The van der Waals surface area contributed by atoms with Gasteiger partial charge < -0.3 is 5.11 Å². The van der Waals surface area contributed by atoms with Gasteiger partial charge in [0.25, 0.3) is 0 Å². The Morgan fingerprint density at radius 2 is 1.96 bits per heavy atom. The molecule has 27 heavy (non-hydrogen) atoms. The molecule has 2 aromatic carbocycles. The van der Waals surface area contributed by atoms with Gasteiger partial charge in [-0.05, 0) is 47.3 Å². The minimum Gasteiger partial charge on any atom is -0.478 e. The van der Waals surface area contributed by atoms with Gasteiger partial charge in [-0.2, -0.15) is 0 Å². The van der Waals surface area contributed by atoms with Crippen LogP contribution in [-0.2, 0) is 13.0 Å². The Kier molecular flexibility index (Phi) is 5.86. The number of carboxylic acid groups (broad SMARTS) is 1. The number of H-pyrrole nitrogens is 1. The third kappa shape index (κ3) is 4.71. The van der Waals surface area contributed by atoms with Crippen molar-refractivity contribution in [2.24, 2.45) is 5.92 Å². The van der Waals surface area contributed by atoms with E-state index in [-0.39, 0.29) is 0 Å². The summed E-state index contributed by atoms with van der Waals surface area (Å²) < 4.78 is 2.36. The number of carbonyl (C=O) groups is 1. The maximum Gasteiger partial charge on any atom is 0.336 e. The zero-order valence-corrected chi connectivity index (χ0v) is 16.3. The Morgan fingerprint density at radius 3 is 2.63 bits per heavy atom. The highest BCUT2D eigenvalue weighted by molar-refractivity contribution is 7.71. The smallest absolute Gasteiger partial charge is 0.336 e. The lowest BCUT2D eigenvalue weighted by atomic mass is 9.97. The van der Waals surface area contributed by atoms with E-state index in [1.807, 2.05) is 47.1 Å². The van der Waals surface area contributed by atoms with Gasteiger partial charge in [-0.15, -0.1) is 0 Å². The Labute approximate surface area is 163 Å². The molecule has 0 unspecified atom stereocenters. The summed E-state index contributed by atoms with van der Waals surface area (Å²) >= 11 is 5.19. The van der Waals surface area contributed by atoms with E-state index in [0.717, 1.165) is 29.8 Å². The van der Waals surface area contributed by atoms with Crippen molar-refractivity contribution in [3.8, 4) is 11.1 Å². The average molecular weight is 382 g/mol. The standard InChI is InChI=1S/C21H23N3O2S/c1-14(2)8-11-19-22-21(27)23-24(19)13-15-9-10-17(18(12-15)20(25)26)16-6-4-3-5-7-16/h3-7,9-10,12,14H,8,11,13H2,1-2H3,(H,23,27)(H,25,26). The predicted octanol–water partition coefficient (Wildman–Crippen LogP) is 4.94. The molecule has 3 rings (SSSR count). The number of nitrogens with one attached hydrogen (secondary N) is 1. The van der Waals surface area contributed by atoms with Crippen molar-refractivity contribution in [1.82, 2.24) is 14.8 Å². The van der Waals surface area contributed by atoms with Crippen LogP contribution in [0.15, 0.2) is 48.5 Å². The number of aromatic nitrogens is 3. The van der Waals surface area contributed by atoms with E-state index in [9.17, 15) is 9.90 Å². The Balaban J connectivity index is 1.92. The van der Waals surface area contributed by atoms with Crippen molar-refractivity contribution in [2.75, 3.05) is 0 Å². The van der Waals surface area contributed by atoms with Gasteiger partial charge in [-0.25, -0.2) is 9.78 Å². The molecule has 0 aliphatic carbocycles. The van der Waals surface area contributed by atoms with Crippen molar-refractivity contribution >= 4 is 18.2 Å². The number of nitrogens with zero attached hydrogens (tertiary/aromatic N) is 2. The number of aryl methyl sites for hydroxylation is 1. The number of benzene rings is 2. The maximum atomic E-state index is 11.8. The Hall–Kier alpha value is -2.73. The van der Waals surface area contributed by atoms with Gasteiger partial charge in [0.05, 0.1) is 12.1 Å². The van der Waals surface area contributed by atoms with Crippen LogP contribution in [0.3, 0.4) is 0 Å². The molecule has 0 bridgehead atoms. The number of aromatic amines is 1. The molecule has 0 aliphatic rings. The van der Waals surface area contributed by atoms with Crippen molar-refractivity contribution < 1.29 is 9.90 Å². The molecular formula is C21H23N3O2S. The maximum absolute atomic E-state index is 11.8. The van der Waals surface area contributed by atoms with E-state index >= 15 is 0 Å². The van der Waals surface area contributed by atoms with Gasteiger partial charge in [-0.1, -0.05) is 56.3 Å². The summed E-state index contributed by atoms with van der Waals surface area (Å²) in [5.41, 5.74) is 2.79. The number of rotatable bonds is 7. The second-order valence-electron chi connectivity index (χ2n) is 7.01. The van der Waals surface area contributed by atoms with Crippen LogP contribution >= 0.6 is 12.2 Å². The minimum atomic E-state index is -0.936. The van der Waals surface area contributed by atoms with E-state index < -0.39 is 5.97 Å². The van der Waals surface area contributed by atoms with Crippen LogP contribution in [0.1, 0.15) is 42.0 Å². The first-order valence-electron chi connectivity index (χ1n) is 9.01. The highest BCUT2D eigenvalue weighted by Gasteiger charge is 2.14. The van der Waals surface area contributed by atoms with Gasteiger partial charge in [0.2, 0.25) is 4.77 Å². The summed E-state index contributed by atoms with van der Waals surface area (Å²) in [6.07, 6.45) is 1.85. The van der Waals surface area contributed by atoms with Crippen LogP contribution < -0.4 is 0 Å². The van der Waals surface area contributed by atoms with Crippen LogP contribution in [0.5, 0.6) is 0 Å². The molecule has 0 saturated heterocycles. The van der Waals surface area contributed by atoms with E-state index in [1.54, 1.807) is 6.07 Å². The lowest BCUT2D eigenvalue weighted by Crippen LogP contribution is -2.09. The van der Waals surface area contributed by atoms with E-state index in [0.29, 0.717) is 28.4 Å². The molecular weight excluding hydrogens is 358 g/mol. The highest BCUT2D eigenvalue weighted by atomic mass is 32.1. The van der Waals surface area contributed by atoms with Crippen LogP contribution in [0, 0.1) is 10.7 Å². The molecule has 1 heterocycles. The van der Waals surface area contributed by atoms with Gasteiger partial charge in [0, 0.05) is 6.42 Å². The average Bonchev–Trinajstić information content (AvgIpc) is 2.99. The van der Waals surface area contributed by atoms with Crippen molar-refractivity contribution in [3.63, 3.8) is 0 Å². The summed E-state index contributed by atoms with van der Waals surface area (Å²) in [4.78, 5) is 16.2. The van der Waals surface area contributed by atoms with Crippen LogP contribution in [0.4, 0.5) is 0 Å². The molecule has 0 radical (unpaired) electrons. The predicted molar refractivity (Wildman–Crippen MR) is 109 cm³/mol. The van der Waals surface area contributed by atoms with Gasteiger partial charge in [0.15, 0.2) is 0 Å². The molecule has 5 nitrogen and oxygen atoms in total. The van der Waals surface area contributed by atoms with Crippen molar-refractivity contribution in [2.45, 2.75) is 33.2 Å². The van der Waals surface area contributed by atoms with Gasteiger partial charge in [-0.3, -0.25) is 9.78 Å². The van der Waals surface area contributed by atoms with Gasteiger partial charge >= 0.3 is 5.97 Å². The molecule has 0 fully saturated rings. The quantitative estimate of drug-likeness (QED) is 0.569. The fourth-order valence-electron chi connectivity index (χ4n) is 3.04. The van der Waals surface area contributed by atoms with Crippen molar-refractivity contribution in [3.05, 3.63) is 70.3 Å². The molecule has 0 aliphatic heterocycles.